The third kappa shape index (κ3) is 9.54. The van der Waals surface area contributed by atoms with Gasteiger partial charge in [-0.15, -0.1) is 0 Å². The van der Waals surface area contributed by atoms with Crippen LogP contribution in [0.1, 0.15) is 51.0 Å². The highest BCUT2D eigenvalue weighted by Gasteiger charge is 2.38. The van der Waals surface area contributed by atoms with E-state index in [2.05, 4.69) is 36.1 Å². The molecular weight excluding hydrogens is 376 g/mol. The van der Waals surface area contributed by atoms with Gasteiger partial charge < -0.3 is 20.7 Å². The second-order valence-electron chi connectivity index (χ2n) is 7.22. The molecule has 1 aliphatic heterocycles. The van der Waals surface area contributed by atoms with Gasteiger partial charge in [0.15, 0.2) is 0 Å². The number of nitrogens with zero attached hydrogens (tertiary/aromatic N) is 1. The lowest BCUT2D eigenvalue weighted by Crippen LogP contribution is -2.56. The number of nitrogens with two attached hydrogens (primary N) is 1. The molecule has 8 nitrogen and oxygen atoms in total. The summed E-state index contributed by atoms with van der Waals surface area (Å²) >= 11 is 0. The molecule has 1 fully saturated rings. The highest BCUT2D eigenvalue weighted by atomic mass is 16.5. The molecule has 0 saturated carbocycles. The monoisotopic (exact) mass is 408 g/mol. The van der Waals surface area contributed by atoms with Crippen LogP contribution in [0.25, 0.3) is 0 Å². The largest absolute Gasteiger partial charge is 0.473 e. The lowest BCUT2D eigenvalue weighted by atomic mass is 9.88. The number of carbonyl (C=O) groups is 3. The molecule has 0 amide bonds. The molecule has 0 atom stereocenters. The average molecular weight is 408 g/mol. The molecule has 2 rings (SSSR count). The van der Waals surface area contributed by atoms with E-state index in [-0.39, 0.29) is 5.97 Å². The van der Waals surface area contributed by atoms with Crippen molar-refractivity contribution in [3.63, 3.8) is 0 Å². The zero-order chi connectivity index (χ0) is 21.7. The van der Waals surface area contributed by atoms with Gasteiger partial charge >= 0.3 is 17.9 Å². The Balaban J connectivity index is 0.000000612. The fraction of sp³-hybridized carbons (Fsp3) is 0.571. The highest BCUT2D eigenvalue weighted by Crippen LogP contribution is 2.22. The number of ether oxygens (including phenoxy) is 1. The van der Waals surface area contributed by atoms with E-state index in [1.807, 2.05) is 6.07 Å². The Morgan fingerprint density at radius 1 is 1.03 bits per heavy atom. The zero-order valence-corrected chi connectivity index (χ0v) is 17.0. The number of likely N-dealkylation sites (tertiary alicyclic amines) is 1. The lowest BCUT2D eigenvalue weighted by Gasteiger charge is -2.37. The Hall–Kier alpha value is -2.45. The third-order valence-corrected chi connectivity index (χ3v) is 4.82. The summed E-state index contributed by atoms with van der Waals surface area (Å²) in [6.07, 6.45) is 5.79. The summed E-state index contributed by atoms with van der Waals surface area (Å²) in [7, 11) is 0. The van der Waals surface area contributed by atoms with Gasteiger partial charge in [-0.25, -0.2) is 9.59 Å². The predicted molar refractivity (Wildman–Crippen MR) is 108 cm³/mol. The van der Waals surface area contributed by atoms with Crippen LogP contribution in [0.3, 0.4) is 0 Å². The molecule has 0 bridgehead atoms. The van der Waals surface area contributed by atoms with E-state index in [0.29, 0.717) is 19.4 Å². The molecule has 0 aliphatic carbocycles. The summed E-state index contributed by atoms with van der Waals surface area (Å²) in [6, 6.07) is 10.4. The molecule has 1 aromatic rings. The molecule has 0 aromatic heterocycles. The molecule has 29 heavy (non-hydrogen) atoms. The van der Waals surface area contributed by atoms with Gasteiger partial charge in [-0.3, -0.25) is 9.69 Å². The van der Waals surface area contributed by atoms with Gasteiger partial charge in [0.1, 0.15) is 5.54 Å². The van der Waals surface area contributed by atoms with Gasteiger partial charge in [0.05, 0.1) is 6.61 Å². The van der Waals surface area contributed by atoms with Gasteiger partial charge in [-0.2, -0.15) is 0 Å². The molecule has 1 aliphatic rings. The van der Waals surface area contributed by atoms with Crippen LogP contribution in [0.5, 0.6) is 0 Å². The first-order valence-electron chi connectivity index (χ1n) is 9.97. The predicted octanol–water partition coefficient (Wildman–Crippen LogP) is 2.26. The maximum Gasteiger partial charge on any atom is 0.414 e. The van der Waals surface area contributed by atoms with Gasteiger partial charge in [0.2, 0.25) is 0 Å². The number of hydrogen-bond donors (Lipinski definition) is 3. The summed E-state index contributed by atoms with van der Waals surface area (Å²) in [4.78, 5) is 32.8. The van der Waals surface area contributed by atoms with Crippen LogP contribution in [0.15, 0.2) is 30.3 Å². The van der Waals surface area contributed by atoms with Crippen LogP contribution >= 0.6 is 0 Å². The van der Waals surface area contributed by atoms with Crippen molar-refractivity contribution < 1.29 is 29.3 Å². The van der Waals surface area contributed by atoms with Crippen LogP contribution in [-0.2, 0) is 25.7 Å². The highest BCUT2D eigenvalue weighted by molar-refractivity contribution is 6.27. The first-order valence-corrected chi connectivity index (χ1v) is 9.97. The Bertz CT molecular complexity index is 630. The van der Waals surface area contributed by atoms with Gasteiger partial charge in [0, 0.05) is 19.6 Å². The van der Waals surface area contributed by atoms with E-state index >= 15 is 0 Å². The summed E-state index contributed by atoms with van der Waals surface area (Å²) in [5.74, 6) is -3.86. The summed E-state index contributed by atoms with van der Waals surface area (Å²) in [5, 5.41) is 14.8. The fourth-order valence-electron chi connectivity index (χ4n) is 2.99. The lowest BCUT2D eigenvalue weighted by molar-refractivity contribution is -0.159. The Morgan fingerprint density at radius 2 is 1.62 bits per heavy atom. The zero-order valence-electron chi connectivity index (χ0n) is 17.0. The minimum Gasteiger partial charge on any atom is -0.473 e. The van der Waals surface area contributed by atoms with Gasteiger partial charge in [-0.05, 0) is 24.8 Å². The Kier molecular flexibility index (Phi) is 10.9. The normalized spacial score (nSPS) is 15.7. The molecule has 1 aromatic carbocycles. The number of hydrogen-bond acceptors (Lipinski definition) is 6. The minimum absolute atomic E-state index is 0.214. The molecule has 0 spiro atoms. The fourth-order valence-corrected chi connectivity index (χ4v) is 2.99. The molecule has 4 N–H and O–H groups in total. The average Bonchev–Trinajstić information content (AvgIpc) is 2.70. The van der Waals surface area contributed by atoms with Crippen LogP contribution in [-0.4, -0.2) is 58.3 Å². The van der Waals surface area contributed by atoms with E-state index in [9.17, 15) is 4.79 Å². The SMILES string of the molecule is CCCCCCOC(=O)C1(N)CCN(Cc2ccccc2)CC1.O=C(O)C(=O)O. The molecular formula is C21H32N2O6. The number of piperidine rings is 1. The molecule has 8 heteroatoms. The molecule has 1 heterocycles. The molecule has 0 radical (unpaired) electrons. The van der Waals surface area contributed by atoms with E-state index < -0.39 is 17.5 Å². The van der Waals surface area contributed by atoms with E-state index in [1.165, 1.54) is 18.4 Å². The Labute approximate surface area is 171 Å². The molecule has 162 valence electrons. The Morgan fingerprint density at radius 3 is 2.14 bits per heavy atom. The van der Waals surface area contributed by atoms with Crippen molar-refractivity contribution in [3.8, 4) is 0 Å². The number of benzene rings is 1. The van der Waals surface area contributed by atoms with Crippen molar-refractivity contribution >= 4 is 17.9 Å². The van der Waals surface area contributed by atoms with Crippen molar-refractivity contribution in [3.05, 3.63) is 35.9 Å². The number of unbranched alkanes of at least 4 members (excludes halogenated alkanes) is 3. The summed E-state index contributed by atoms with van der Waals surface area (Å²) in [6.45, 7) is 5.28. The second kappa shape index (κ2) is 12.9. The van der Waals surface area contributed by atoms with Crippen LogP contribution in [0.4, 0.5) is 0 Å². The number of carboxylic acid groups (broad SMARTS) is 2. The van der Waals surface area contributed by atoms with E-state index in [4.69, 9.17) is 30.3 Å². The van der Waals surface area contributed by atoms with Gasteiger partial charge in [0.25, 0.3) is 0 Å². The van der Waals surface area contributed by atoms with E-state index in [0.717, 1.165) is 32.5 Å². The number of rotatable bonds is 8. The topological polar surface area (TPSA) is 130 Å². The number of carboxylic acids is 2. The van der Waals surface area contributed by atoms with Gasteiger partial charge in [-0.1, -0.05) is 56.5 Å². The quantitative estimate of drug-likeness (QED) is 0.339. The maximum atomic E-state index is 12.3. The standard InChI is InChI=1S/C19H30N2O2.C2H2O4/c1-2-3-4-8-15-23-18(22)19(20)11-13-21(14-12-19)16-17-9-6-5-7-10-17;3-1(4)2(5)6/h5-7,9-10H,2-4,8,11-16,20H2,1H3;(H,3,4)(H,5,6). The van der Waals surface area contributed by atoms with Crippen molar-refractivity contribution in [2.75, 3.05) is 19.7 Å². The summed E-state index contributed by atoms with van der Waals surface area (Å²) < 4.78 is 5.40. The van der Waals surface area contributed by atoms with Crippen molar-refractivity contribution in [1.29, 1.82) is 0 Å². The van der Waals surface area contributed by atoms with Crippen molar-refractivity contribution in [2.45, 2.75) is 57.5 Å². The first kappa shape index (κ1) is 24.6. The number of esters is 1. The van der Waals surface area contributed by atoms with Crippen LogP contribution in [0, 0.1) is 0 Å². The maximum absolute atomic E-state index is 12.3. The number of aliphatic carboxylic acids is 2. The third-order valence-electron chi connectivity index (χ3n) is 4.82. The van der Waals surface area contributed by atoms with E-state index in [1.54, 1.807) is 0 Å². The molecule has 0 unspecified atom stereocenters. The van der Waals surface area contributed by atoms with Crippen LogP contribution < -0.4 is 5.73 Å². The van der Waals surface area contributed by atoms with Crippen LogP contribution in [0.2, 0.25) is 0 Å². The number of carbonyl (C=O) groups excluding carboxylic acids is 1. The smallest absolute Gasteiger partial charge is 0.414 e. The molecule has 1 saturated heterocycles. The van der Waals surface area contributed by atoms with Crippen molar-refractivity contribution in [2.24, 2.45) is 5.73 Å². The van der Waals surface area contributed by atoms with Crippen molar-refractivity contribution in [1.82, 2.24) is 4.90 Å². The minimum atomic E-state index is -1.82. The summed E-state index contributed by atoms with van der Waals surface area (Å²) in [5.41, 5.74) is 6.81. The second-order valence-corrected chi connectivity index (χ2v) is 7.22. The first-order chi connectivity index (χ1) is 13.8.